The van der Waals surface area contributed by atoms with Gasteiger partial charge in [-0.25, -0.2) is 4.98 Å². The summed E-state index contributed by atoms with van der Waals surface area (Å²) in [4.78, 5) is 6.12. The monoisotopic (exact) mass is 267 g/mol. The molecule has 20 heavy (non-hydrogen) atoms. The van der Waals surface area contributed by atoms with E-state index in [0.717, 1.165) is 5.69 Å². The number of rotatable bonds is 1. The molecule has 0 aliphatic heterocycles. The molecule has 0 saturated carbocycles. The zero-order valence-electron chi connectivity index (χ0n) is 12.5. The summed E-state index contributed by atoms with van der Waals surface area (Å²) in [5.41, 5.74) is 2.35. The molecule has 0 radical (unpaired) electrons. The highest BCUT2D eigenvalue weighted by molar-refractivity contribution is 5.94. The van der Waals surface area contributed by atoms with Gasteiger partial charge in [-0.15, -0.1) is 0 Å². The van der Waals surface area contributed by atoms with E-state index < -0.39 is 0 Å². The maximum Gasteiger partial charge on any atom is 0.0946 e. The van der Waals surface area contributed by atoms with E-state index >= 15 is 0 Å². The maximum absolute atomic E-state index is 3.98. The fourth-order valence-electron chi connectivity index (χ4n) is 2.14. The smallest absolute Gasteiger partial charge is 0.0946 e. The lowest BCUT2D eigenvalue weighted by Crippen LogP contribution is -2.08. The van der Waals surface area contributed by atoms with Crippen molar-refractivity contribution < 1.29 is 0 Å². The fourth-order valence-corrected chi connectivity index (χ4v) is 2.14. The fraction of sp³-hybridized carbons (Fsp3) is 0.235. The SMILES string of the molecule is CN(C)c1cccc2ccccc12.Cc1cn(C)cn1. The van der Waals surface area contributed by atoms with Crippen molar-refractivity contribution >= 4 is 16.5 Å². The number of fused-ring (bicyclic) bond motifs is 1. The normalized spacial score (nSPS) is 10.0. The first-order chi connectivity index (χ1) is 9.58. The largest absolute Gasteiger partial charge is 0.377 e. The molecule has 0 saturated heterocycles. The molecule has 0 unspecified atom stereocenters. The minimum atomic E-state index is 1.07. The van der Waals surface area contributed by atoms with Gasteiger partial charge in [0.05, 0.1) is 12.0 Å². The summed E-state index contributed by atoms with van der Waals surface area (Å²) in [7, 11) is 6.10. The van der Waals surface area contributed by atoms with Crippen molar-refractivity contribution in [3.8, 4) is 0 Å². The van der Waals surface area contributed by atoms with Crippen LogP contribution in [0.25, 0.3) is 10.8 Å². The van der Waals surface area contributed by atoms with Crippen LogP contribution < -0.4 is 4.90 Å². The van der Waals surface area contributed by atoms with Gasteiger partial charge in [0.2, 0.25) is 0 Å². The van der Waals surface area contributed by atoms with E-state index in [2.05, 4.69) is 66.4 Å². The molecule has 0 aliphatic rings. The van der Waals surface area contributed by atoms with Crippen LogP contribution in [0.2, 0.25) is 0 Å². The standard InChI is InChI=1S/C12H13N.C5H8N2/c1-13(2)12-9-5-7-10-6-3-4-8-11(10)12;1-5-3-7(2)4-6-5/h3-9H,1-2H3;3-4H,1-2H3. The maximum atomic E-state index is 3.98. The molecule has 104 valence electrons. The number of aromatic nitrogens is 2. The van der Waals surface area contributed by atoms with Gasteiger partial charge in [-0.1, -0.05) is 36.4 Å². The summed E-state index contributed by atoms with van der Waals surface area (Å²) in [5, 5.41) is 2.61. The third-order valence-corrected chi connectivity index (χ3v) is 3.08. The lowest BCUT2D eigenvalue weighted by Gasteiger charge is -2.14. The first-order valence-electron chi connectivity index (χ1n) is 6.67. The number of anilines is 1. The van der Waals surface area contributed by atoms with Crippen LogP contribution in [0.4, 0.5) is 5.69 Å². The van der Waals surface area contributed by atoms with Gasteiger partial charge in [0.15, 0.2) is 0 Å². The molecule has 1 aromatic heterocycles. The molecule has 0 spiro atoms. The Balaban J connectivity index is 0.000000178. The zero-order valence-corrected chi connectivity index (χ0v) is 12.5. The molecule has 3 nitrogen and oxygen atoms in total. The summed E-state index contributed by atoms with van der Waals surface area (Å²) in [5.74, 6) is 0. The van der Waals surface area contributed by atoms with E-state index in [4.69, 9.17) is 0 Å². The van der Waals surface area contributed by atoms with Gasteiger partial charge in [0, 0.05) is 38.4 Å². The van der Waals surface area contributed by atoms with Gasteiger partial charge in [-0.3, -0.25) is 0 Å². The van der Waals surface area contributed by atoms with E-state index in [9.17, 15) is 0 Å². The van der Waals surface area contributed by atoms with Gasteiger partial charge in [-0.05, 0) is 18.4 Å². The van der Waals surface area contributed by atoms with Crippen LogP contribution in [-0.4, -0.2) is 23.6 Å². The molecular weight excluding hydrogens is 246 g/mol. The Bertz CT molecular complexity index is 662. The Morgan fingerprint density at radius 3 is 2.25 bits per heavy atom. The van der Waals surface area contributed by atoms with Crippen molar-refractivity contribution in [3.05, 3.63) is 60.7 Å². The van der Waals surface area contributed by atoms with Crippen LogP contribution in [-0.2, 0) is 7.05 Å². The van der Waals surface area contributed by atoms with Crippen molar-refractivity contribution in [3.63, 3.8) is 0 Å². The molecule has 0 aliphatic carbocycles. The van der Waals surface area contributed by atoms with Gasteiger partial charge < -0.3 is 9.47 Å². The van der Waals surface area contributed by atoms with E-state index in [1.807, 2.05) is 24.7 Å². The highest BCUT2D eigenvalue weighted by Crippen LogP contribution is 2.24. The Labute approximate surface area is 120 Å². The number of imidazole rings is 1. The molecular formula is C17H21N3. The number of nitrogens with zero attached hydrogens (tertiary/aromatic N) is 3. The number of hydrogen-bond acceptors (Lipinski definition) is 2. The summed E-state index contributed by atoms with van der Waals surface area (Å²) in [6.07, 6.45) is 3.76. The van der Waals surface area contributed by atoms with Gasteiger partial charge in [0.1, 0.15) is 0 Å². The molecule has 2 aromatic carbocycles. The third-order valence-electron chi connectivity index (χ3n) is 3.08. The molecule has 0 N–H and O–H groups in total. The predicted octanol–water partition coefficient (Wildman–Crippen LogP) is 3.63. The molecule has 3 aromatic rings. The van der Waals surface area contributed by atoms with Crippen molar-refractivity contribution in [1.82, 2.24) is 9.55 Å². The lowest BCUT2D eigenvalue weighted by molar-refractivity contribution is 0.913. The van der Waals surface area contributed by atoms with E-state index in [1.165, 1.54) is 16.5 Å². The summed E-state index contributed by atoms with van der Waals surface area (Å²) < 4.78 is 1.93. The Morgan fingerprint density at radius 2 is 1.70 bits per heavy atom. The van der Waals surface area contributed by atoms with Crippen LogP contribution in [0.5, 0.6) is 0 Å². The Kier molecular flexibility index (Phi) is 4.41. The molecule has 3 rings (SSSR count). The average Bonchev–Trinajstić information content (AvgIpc) is 2.82. The Morgan fingerprint density at radius 1 is 1.00 bits per heavy atom. The van der Waals surface area contributed by atoms with Crippen molar-refractivity contribution in [2.24, 2.45) is 7.05 Å². The Hall–Kier alpha value is -2.29. The number of benzene rings is 2. The lowest BCUT2D eigenvalue weighted by atomic mass is 10.1. The van der Waals surface area contributed by atoms with E-state index in [0.29, 0.717) is 0 Å². The van der Waals surface area contributed by atoms with Gasteiger partial charge in [0.25, 0.3) is 0 Å². The van der Waals surface area contributed by atoms with Crippen LogP contribution in [0.15, 0.2) is 55.0 Å². The van der Waals surface area contributed by atoms with Gasteiger partial charge >= 0.3 is 0 Å². The van der Waals surface area contributed by atoms with Crippen molar-refractivity contribution in [2.45, 2.75) is 6.92 Å². The van der Waals surface area contributed by atoms with Crippen LogP contribution in [0.1, 0.15) is 5.69 Å². The molecule has 0 bridgehead atoms. The van der Waals surface area contributed by atoms with E-state index in [-0.39, 0.29) is 0 Å². The number of hydrogen-bond donors (Lipinski definition) is 0. The minimum absolute atomic E-state index is 1.07. The van der Waals surface area contributed by atoms with Gasteiger partial charge in [-0.2, -0.15) is 0 Å². The minimum Gasteiger partial charge on any atom is -0.377 e. The second-order valence-electron chi connectivity index (χ2n) is 5.07. The molecule has 0 amide bonds. The second-order valence-corrected chi connectivity index (χ2v) is 5.07. The quantitative estimate of drug-likeness (QED) is 0.671. The van der Waals surface area contributed by atoms with Crippen LogP contribution >= 0.6 is 0 Å². The predicted molar refractivity (Wildman–Crippen MR) is 86.2 cm³/mol. The topological polar surface area (TPSA) is 21.1 Å². The molecule has 0 fully saturated rings. The van der Waals surface area contributed by atoms with Crippen LogP contribution in [0.3, 0.4) is 0 Å². The van der Waals surface area contributed by atoms with E-state index in [1.54, 1.807) is 6.33 Å². The average molecular weight is 267 g/mol. The molecule has 0 atom stereocenters. The first-order valence-corrected chi connectivity index (χ1v) is 6.67. The highest BCUT2D eigenvalue weighted by atomic mass is 15.1. The molecule has 1 heterocycles. The van der Waals surface area contributed by atoms with Crippen molar-refractivity contribution in [1.29, 1.82) is 0 Å². The summed E-state index contributed by atoms with van der Waals surface area (Å²) >= 11 is 0. The highest BCUT2D eigenvalue weighted by Gasteiger charge is 1.99. The summed E-state index contributed by atoms with van der Waals surface area (Å²) in [6, 6.07) is 14.8. The zero-order chi connectivity index (χ0) is 14.5. The number of aryl methyl sites for hydroxylation is 2. The van der Waals surface area contributed by atoms with Crippen molar-refractivity contribution in [2.75, 3.05) is 19.0 Å². The molecule has 3 heteroatoms. The summed E-state index contributed by atoms with van der Waals surface area (Å²) in [6.45, 7) is 1.97. The third kappa shape index (κ3) is 3.38. The van der Waals surface area contributed by atoms with Crippen LogP contribution in [0, 0.1) is 6.92 Å². The first kappa shape index (κ1) is 14.1. The second kappa shape index (κ2) is 6.24.